The fraction of sp³-hybridized carbons (Fsp3) is 0. The Morgan fingerprint density at radius 1 is 0.720 bits per heavy atom. The van der Waals surface area contributed by atoms with Crippen LogP contribution in [0.5, 0.6) is 11.5 Å². The summed E-state index contributed by atoms with van der Waals surface area (Å²) in [6, 6.07) is 27.8. The number of hydrogen-bond donors (Lipinski definition) is 1. The van der Waals surface area contributed by atoms with Gasteiger partial charge in [-0.25, -0.2) is 4.98 Å². The molecule has 4 heteroatoms. The summed E-state index contributed by atoms with van der Waals surface area (Å²) >= 11 is 1.59. The Kier molecular flexibility index (Phi) is 4.44. The monoisotopic (exact) mass is 344 g/mol. The molecule has 122 valence electrons. The van der Waals surface area contributed by atoms with Crippen molar-refractivity contribution in [3.05, 3.63) is 90.3 Å². The maximum Gasteiger partial charge on any atom is 0.187 e. The summed E-state index contributed by atoms with van der Waals surface area (Å²) in [5.74, 6) is 1.64. The molecule has 0 aliphatic rings. The Bertz CT molecular complexity index is 935. The molecule has 0 spiro atoms. The van der Waals surface area contributed by atoms with Crippen LogP contribution >= 0.6 is 11.3 Å². The second kappa shape index (κ2) is 7.20. The molecule has 3 nitrogen and oxygen atoms in total. The SMILES string of the molecule is c1ccc(Oc2ccc(Nc3nc(-c4ccccc4)cs3)cc2)cc1. The van der Waals surface area contributed by atoms with Crippen LogP contribution < -0.4 is 10.1 Å². The molecule has 3 aromatic carbocycles. The van der Waals surface area contributed by atoms with Crippen molar-refractivity contribution in [3.63, 3.8) is 0 Å². The lowest BCUT2D eigenvalue weighted by Gasteiger charge is -2.07. The van der Waals surface area contributed by atoms with Crippen LogP contribution in [-0.4, -0.2) is 4.98 Å². The van der Waals surface area contributed by atoms with E-state index in [0.717, 1.165) is 33.6 Å². The molecule has 1 aromatic heterocycles. The number of anilines is 2. The second-order valence-electron chi connectivity index (χ2n) is 5.47. The number of hydrogen-bond acceptors (Lipinski definition) is 4. The van der Waals surface area contributed by atoms with Crippen molar-refractivity contribution in [1.29, 1.82) is 0 Å². The molecule has 0 aliphatic carbocycles. The summed E-state index contributed by atoms with van der Waals surface area (Å²) < 4.78 is 5.80. The first-order valence-corrected chi connectivity index (χ1v) is 8.86. The Morgan fingerprint density at radius 2 is 1.36 bits per heavy atom. The van der Waals surface area contributed by atoms with Gasteiger partial charge in [0.1, 0.15) is 11.5 Å². The topological polar surface area (TPSA) is 34.1 Å². The van der Waals surface area contributed by atoms with E-state index in [0.29, 0.717) is 0 Å². The number of aromatic nitrogens is 1. The van der Waals surface area contributed by atoms with Gasteiger partial charge < -0.3 is 10.1 Å². The first kappa shape index (κ1) is 15.4. The van der Waals surface area contributed by atoms with E-state index in [9.17, 15) is 0 Å². The molecule has 0 atom stereocenters. The fourth-order valence-electron chi connectivity index (χ4n) is 2.43. The second-order valence-corrected chi connectivity index (χ2v) is 6.33. The van der Waals surface area contributed by atoms with Crippen LogP contribution in [0.4, 0.5) is 10.8 Å². The third kappa shape index (κ3) is 3.87. The maximum absolute atomic E-state index is 5.80. The molecule has 25 heavy (non-hydrogen) atoms. The number of ether oxygens (including phenoxy) is 1. The highest BCUT2D eigenvalue weighted by Crippen LogP contribution is 2.28. The van der Waals surface area contributed by atoms with Crippen LogP contribution in [0.15, 0.2) is 90.3 Å². The van der Waals surface area contributed by atoms with E-state index >= 15 is 0 Å². The zero-order chi connectivity index (χ0) is 16.9. The minimum Gasteiger partial charge on any atom is -0.457 e. The summed E-state index contributed by atoms with van der Waals surface area (Å²) in [7, 11) is 0. The average molecular weight is 344 g/mol. The van der Waals surface area contributed by atoms with Crippen LogP contribution in [-0.2, 0) is 0 Å². The van der Waals surface area contributed by atoms with Gasteiger partial charge in [-0.3, -0.25) is 0 Å². The Morgan fingerprint density at radius 3 is 2.08 bits per heavy atom. The zero-order valence-electron chi connectivity index (χ0n) is 13.4. The van der Waals surface area contributed by atoms with Crippen LogP contribution in [0.1, 0.15) is 0 Å². The Balaban J connectivity index is 1.44. The van der Waals surface area contributed by atoms with Gasteiger partial charge in [0.15, 0.2) is 5.13 Å². The van der Waals surface area contributed by atoms with E-state index in [-0.39, 0.29) is 0 Å². The lowest BCUT2D eigenvalue weighted by Crippen LogP contribution is -1.90. The van der Waals surface area contributed by atoms with Gasteiger partial charge in [0.25, 0.3) is 0 Å². The summed E-state index contributed by atoms with van der Waals surface area (Å²) in [4.78, 5) is 4.64. The van der Waals surface area contributed by atoms with Crippen molar-refractivity contribution in [2.75, 3.05) is 5.32 Å². The predicted octanol–water partition coefficient (Wildman–Crippen LogP) is 6.35. The lowest BCUT2D eigenvalue weighted by molar-refractivity contribution is 0.483. The molecule has 0 saturated heterocycles. The molecular weight excluding hydrogens is 328 g/mol. The zero-order valence-corrected chi connectivity index (χ0v) is 14.2. The minimum atomic E-state index is 0.806. The lowest BCUT2D eigenvalue weighted by atomic mass is 10.2. The van der Waals surface area contributed by atoms with Gasteiger partial charge in [-0.05, 0) is 36.4 Å². The predicted molar refractivity (Wildman–Crippen MR) is 104 cm³/mol. The molecule has 0 bridgehead atoms. The largest absolute Gasteiger partial charge is 0.457 e. The van der Waals surface area contributed by atoms with Gasteiger partial charge in [0, 0.05) is 16.6 Å². The third-order valence-electron chi connectivity index (χ3n) is 3.66. The number of para-hydroxylation sites is 1. The third-order valence-corrected chi connectivity index (χ3v) is 4.42. The van der Waals surface area contributed by atoms with E-state index in [1.165, 1.54) is 0 Å². The molecular formula is C21H16N2OS. The summed E-state index contributed by atoms with van der Waals surface area (Å²) in [5, 5.41) is 6.27. The molecule has 0 amide bonds. The van der Waals surface area contributed by atoms with Gasteiger partial charge in [0.05, 0.1) is 5.69 Å². The van der Waals surface area contributed by atoms with Crippen LogP contribution in [0.3, 0.4) is 0 Å². The van der Waals surface area contributed by atoms with Gasteiger partial charge in [-0.1, -0.05) is 48.5 Å². The molecule has 1 N–H and O–H groups in total. The van der Waals surface area contributed by atoms with Crippen molar-refractivity contribution < 1.29 is 4.74 Å². The highest BCUT2D eigenvalue weighted by Gasteiger charge is 2.05. The van der Waals surface area contributed by atoms with Crippen molar-refractivity contribution in [2.45, 2.75) is 0 Å². The normalized spacial score (nSPS) is 10.4. The Labute approximate surface area is 150 Å². The summed E-state index contributed by atoms with van der Waals surface area (Å²) in [5.41, 5.74) is 3.09. The number of benzene rings is 3. The summed E-state index contributed by atoms with van der Waals surface area (Å²) in [6.45, 7) is 0. The first-order valence-electron chi connectivity index (χ1n) is 7.98. The van der Waals surface area contributed by atoms with E-state index in [1.54, 1.807) is 11.3 Å². The standard InChI is InChI=1S/C21H16N2OS/c1-3-7-16(8-4-1)20-15-25-21(23-20)22-17-11-13-19(14-12-17)24-18-9-5-2-6-10-18/h1-15H,(H,22,23). The van der Waals surface area contributed by atoms with Crippen molar-refractivity contribution >= 4 is 22.2 Å². The first-order chi connectivity index (χ1) is 12.4. The number of nitrogens with one attached hydrogen (secondary N) is 1. The average Bonchev–Trinajstić information content (AvgIpc) is 3.14. The highest BCUT2D eigenvalue weighted by atomic mass is 32.1. The van der Waals surface area contributed by atoms with E-state index < -0.39 is 0 Å². The summed E-state index contributed by atoms with van der Waals surface area (Å²) in [6.07, 6.45) is 0. The van der Waals surface area contributed by atoms with Crippen molar-refractivity contribution in [1.82, 2.24) is 4.98 Å². The van der Waals surface area contributed by atoms with Gasteiger partial charge >= 0.3 is 0 Å². The van der Waals surface area contributed by atoms with Gasteiger partial charge in [-0.2, -0.15) is 0 Å². The molecule has 0 aliphatic heterocycles. The van der Waals surface area contributed by atoms with E-state index in [2.05, 4.69) is 27.8 Å². The van der Waals surface area contributed by atoms with Crippen molar-refractivity contribution in [2.24, 2.45) is 0 Å². The Hall–Kier alpha value is -3.11. The number of nitrogens with zero attached hydrogens (tertiary/aromatic N) is 1. The highest BCUT2D eigenvalue weighted by molar-refractivity contribution is 7.14. The fourth-order valence-corrected chi connectivity index (χ4v) is 3.17. The van der Waals surface area contributed by atoms with E-state index in [1.807, 2.05) is 72.8 Å². The molecule has 4 aromatic rings. The van der Waals surface area contributed by atoms with Crippen LogP contribution in [0.25, 0.3) is 11.3 Å². The van der Waals surface area contributed by atoms with Crippen LogP contribution in [0, 0.1) is 0 Å². The molecule has 1 heterocycles. The van der Waals surface area contributed by atoms with Crippen LogP contribution in [0.2, 0.25) is 0 Å². The van der Waals surface area contributed by atoms with Gasteiger partial charge in [0.2, 0.25) is 0 Å². The number of thiazole rings is 1. The molecule has 4 rings (SSSR count). The molecule has 0 radical (unpaired) electrons. The molecule has 0 fully saturated rings. The minimum absolute atomic E-state index is 0.806. The molecule has 0 saturated carbocycles. The number of rotatable bonds is 5. The van der Waals surface area contributed by atoms with Gasteiger partial charge in [-0.15, -0.1) is 11.3 Å². The van der Waals surface area contributed by atoms with E-state index in [4.69, 9.17) is 4.74 Å². The molecule has 0 unspecified atom stereocenters. The van der Waals surface area contributed by atoms with Crippen molar-refractivity contribution in [3.8, 4) is 22.8 Å². The quantitative estimate of drug-likeness (QED) is 0.458. The smallest absolute Gasteiger partial charge is 0.187 e. The maximum atomic E-state index is 5.80.